The van der Waals surface area contributed by atoms with E-state index in [4.69, 9.17) is 11.6 Å². The van der Waals surface area contributed by atoms with Crippen molar-refractivity contribution in [2.24, 2.45) is 5.92 Å². The zero-order chi connectivity index (χ0) is 22.5. The molecule has 1 saturated heterocycles. The van der Waals surface area contributed by atoms with Gasteiger partial charge >= 0.3 is 0 Å². The second-order valence-electron chi connectivity index (χ2n) is 7.63. The molecule has 31 heavy (non-hydrogen) atoms. The van der Waals surface area contributed by atoms with Crippen molar-refractivity contribution in [3.8, 4) is 0 Å². The number of amides is 3. The lowest BCUT2D eigenvalue weighted by Crippen LogP contribution is -2.44. The van der Waals surface area contributed by atoms with E-state index in [1.54, 1.807) is 24.3 Å². The van der Waals surface area contributed by atoms with E-state index in [1.807, 2.05) is 36.6 Å². The fourth-order valence-electron chi connectivity index (χ4n) is 3.85. The first-order valence-corrected chi connectivity index (χ1v) is 11.8. The number of likely N-dealkylation sites (tertiary alicyclic amines) is 1. The van der Waals surface area contributed by atoms with Crippen LogP contribution in [0.4, 0.5) is 5.00 Å². The number of benzene rings is 1. The molecule has 6 nitrogen and oxygen atoms in total. The number of halogens is 1. The molecule has 1 N–H and O–H groups in total. The summed E-state index contributed by atoms with van der Waals surface area (Å²) in [6.45, 7) is 8.40. The van der Waals surface area contributed by atoms with Crippen LogP contribution in [0.25, 0.3) is 0 Å². The minimum Gasteiger partial charge on any atom is -0.343 e. The van der Waals surface area contributed by atoms with Crippen LogP contribution in [0.15, 0.2) is 30.3 Å². The second-order valence-corrected chi connectivity index (χ2v) is 9.09. The first kappa shape index (κ1) is 23.3. The predicted octanol–water partition coefficient (Wildman–Crippen LogP) is 4.68. The number of carbonyl (C=O) groups is 3. The van der Waals surface area contributed by atoms with Crippen molar-refractivity contribution in [1.82, 2.24) is 9.80 Å². The van der Waals surface area contributed by atoms with E-state index >= 15 is 0 Å². The molecule has 0 atom stereocenters. The van der Waals surface area contributed by atoms with Gasteiger partial charge in [0.1, 0.15) is 0 Å². The van der Waals surface area contributed by atoms with E-state index in [2.05, 4.69) is 5.32 Å². The van der Waals surface area contributed by atoms with Gasteiger partial charge in [-0.3, -0.25) is 14.4 Å². The van der Waals surface area contributed by atoms with E-state index in [-0.39, 0.29) is 23.6 Å². The molecule has 3 amide bonds. The fraction of sp³-hybridized carbons (Fsp3) is 0.435. The van der Waals surface area contributed by atoms with Gasteiger partial charge in [-0.15, -0.1) is 11.3 Å². The zero-order valence-electron chi connectivity index (χ0n) is 18.1. The Morgan fingerprint density at radius 2 is 1.81 bits per heavy atom. The Kier molecular flexibility index (Phi) is 7.73. The van der Waals surface area contributed by atoms with E-state index in [0.717, 1.165) is 5.56 Å². The Morgan fingerprint density at radius 1 is 1.16 bits per heavy atom. The van der Waals surface area contributed by atoms with E-state index in [1.165, 1.54) is 11.3 Å². The Hall–Kier alpha value is -2.38. The van der Waals surface area contributed by atoms with Gasteiger partial charge in [0.2, 0.25) is 5.91 Å². The van der Waals surface area contributed by atoms with Gasteiger partial charge in [-0.25, -0.2) is 0 Å². The third-order valence-electron chi connectivity index (χ3n) is 5.67. The maximum atomic E-state index is 13.1. The smallest absolute Gasteiger partial charge is 0.264 e. The normalized spacial score (nSPS) is 14.4. The van der Waals surface area contributed by atoms with Gasteiger partial charge in [0.25, 0.3) is 11.8 Å². The Morgan fingerprint density at radius 3 is 2.42 bits per heavy atom. The number of nitrogens with zero attached hydrogens (tertiary/aromatic N) is 2. The van der Waals surface area contributed by atoms with Crippen molar-refractivity contribution in [1.29, 1.82) is 0 Å². The van der Waals surface area contributed by atoms with Crippen molar-refractivity contribution in [2.45, 2.75) is 33.6 Å². The van der Waals surface area contributed by atoms with Crippen molar-refractivity contribution < 1.29 is 14.4 Å². The molecule has 0 bridgehead atoms. The van der Waals surface area contributed by atoms with Gasteiger partial charge in [-0.2, -0.15) is 0 Å². The number of anilines is 1. The van der Waals surface area contributed by atoms with Crippen LogP contribution in [-0.2, 0) is 4.79 Å². The zero-order valence-corrected chi connectivity index (χ0v) is 19.7. The quantitative estimate of drug-likeness (QED) is 0.678. The number of nitrogens with one attached hydrogen (secondary N) is 1. The van der Waals surface area contributed by atoms with E-state index in [9.17, 15) is 14.4 Å². The largest absolute Gasteiger partial charge is 0.343 e. The summed E-state index contributed by atoms with van der Waals surface area (Å²) in [5.74, 6) is -0.177. The first-order chi connectivity index (χ1) is 14.8. The molecule has 1 aliphatic rings. The molecule has 1 aromatic carbocycles. The molecule has 0 unspecified atom stereocenters. The highest BCUT2D eigenvalue weighted by atomic mass is 35.5. The molecule has 3 rings (SSSR count). The average Bonchev–Trinajstić information content (AvgIpc) is 3.14. The van der Waals surface area contributed by atoms with Gasteiger partial charge in [-0.1, -0.05) is 23.7 Å². The second kappa shape index (κ2) is 10.3. The number of hydrogen-bond donors (Lipinski definition) is 1. The summed E-state index contributed by atoms with van der Waals surface area (Å²) in [4.78, 5) is 42.5. The predicted molar refractivity (Wildman–Crippen MR) is 125 cm³/mol. The minimum absolute atomic E-state index is 0.0150. The summed E-state index contributed by atoms with van der Waals surface area (Å²) in [7, 11) is 0. The van der Waals surface area contributed by atoms with Gasteiger partial charge < -0.3 is 15.1 Å². The molecule has 0 aliphatic carbocycles. The maximum Gasteiger partial charge on any atom is 0.264 e. The molecular weight excluding hydrogens is 434 g/mol. The van der Waals surface area contributed by atoms with Crippen LogP contribution in [0.5, 0.6) is 0 Å². The number of hydrogen-bond acceptors (Lipinski definition) is 4. The standard InChI is InChI=1S/C23H28ClN3O3S/c1-4-26(5-2)22(29)16-10-12-27(13-11-16)23(30)20-15(3)14-19(31-20)25-21(28)17-8-6-7-9-18(17)24/h6-9,14,16H,4-5,10-13H2,1-3H3,(H,25,28). The lowest BCUT2D eigenvalue weighted by atomic mass is 9.95. The Balaban J connectivity index is 1.63. The Labute approximate surface area is 192 Å². The monoisotopic (exact) mass is 461 g/mol. The molecule has 2 aromatic rings. The lowest BCUT2D eigenvalue weighted by molar-refractivity contribution is -0.136. The summed E-state index contributed by atoms with van der Waals surface area (Å²) in [5, 5.41) is 3.83. The molecule has 8 heteroatoms. The van der Waals surface area contributed by atoms with Crippen LogP contribution < -0.4 is 5.32 Å². The van der Waals surface area contributed by atoms with Crippen LogP contribution >= 0.6 is 22.9 Å². The van der Waals surface area contributed by atoms with Crippen molar-refractivity contribution >= 4 is 45.7 Å². The van der Waals surface area contributed by atoms with Crippen LogP contribution in [0.1, 0.15) is 52.3 Å². The fourth-order valence-corrected chi connectivity index (χ4v) is 5.10. The summed E-state index contributed by atoms with van der Waals surface area (Å²) in [5.41, 5.74) is 1.22. The Bertz CT molecular complexity index is 963. The SMILES string of the molecule is CCN(CC)C(=O)C1CCN(C(=O)c2sc(NC(=O)c3ccccc3Cl)cc2C)CC1. The van der Waals surface area contributed by atoms with Gasteiger partial charge in [-0.05, 0) is 57.4 Å². The third kappa shape index (κ3) is 5.28. The molecule has 0 saturated carbocycles. The molecule has 1 aromatic heterocycles. The summed E-state index contributed by atoms with van der Waals surface area (Å²) in [6, 6.07) is 8.66. The van der Waals surface area contributed by atoms with E-state index < -0.39 is 0 Å². The molecule has 0 radical (unpaired) electrons. The van der Waals surface area contributed by atoms with Crippen molar-refractivity contribution in [3.63, 3.8) is 0 Å². The highest BCUT2D eigenvalue weighted by Gasteiger charge is 2.31. The van der Waals surface area contributed by atoms with Gasteiger partial charge in [0, 0.05) is 32.1 Å². The summed E-state index contributed by atoms with van der Waals surface area (Å²) >= 11 is 7.37. The summed E-state index contributed by atoms with van der Waals surface area (Å²) in [6.07, 6.45) is 1.36. The van der Waals surface area contributed by atoms with Crippen LogP contribution in [0.2, 0.25) is 5.02 Å². The highest BCUT2D eigenvalue weighted by molar-refractivity contribution is 7.18. The summed E-state index contributed by atoms with van der Waals surface area (Å²) < 4.78 is 0. The minimum atomic E-state index is -0.304. The van der Waals surface area contributed by atoms with Crippen molar-refractivity contribution in [2.75, 3.05) is 31.5 Å². The van der Waals surface area contributed by atoms with Crippen molar-refractivity contribution in [3.05, 3.63) is 51.4 Å². The number of carbonyl (C=O) groups excluding carboxylic acids is 3. The van der Waals surface area contributed by atoms with Gasteiger partial charge in [0.15, 0.2) is 0 Å². The first-order valence-electron chi connectivity index (χ1n) is 10.6. The topological polar surface area (TPSA) is 69.7 Å². The molecule has 166 valence electrons. The number of aryl methyl sites for hydroxylation is 1. The number of piperidine rings is 1. The molecular formula is C23H28ClN3O3S. The molecule has 0 spiro atoms. The number of rotatable bonds is 6. The third-order valence-corrected chi connectivity index (χ3v) is 7.14. The van der Waals surface area contributed by atoms with E-state index in [0.29, 0.717) is 59.5 Å². The van der Waals surface area contributed by atoms with Crippen LogP contribution in [0.3, 0.4) is 0 Å². The van der Waals surface area contributed by atoms with Crippen LogP contribution in [-0.4, -0.2) is 53.7 Å². The maximum absolute atomic E-state index is 13.1. The molecule has 1 aliphatic heterocycles. The number of thiophene rings is 1. The molecule has 1 fully saturated rings. The lowest BCUT2D eigenvalue weighted by Gasteiger charge is -2.33. The van der Waals surface area contributed by atoms with Crippen LogP contribution in [0, 0.1) is 12.8 Å². The van der Waals surface area contributed by atoms with Gasteiger partial charge in [0.05, 0.1) is 20.5 Å². The average molecular weight is 462 g/mol. The molecule has 2 heterocycles. The highest BCUT2D eigenvalue weighted by Crippen LogP contribution is 2.30.